The topological polar surface area (TPSA) is 72.0 Å². The highest BCUT2D eigenvalue weighted by molar-refractivity contribution is 7.20. The minimum absolute atomic E-state index is 0.130. The van der Waals surface area contributed by atoms with E-state index in [1.807, 2.05) is 31.2 Å². The molecular weight excluding hydrogens is 324 g/mol. The Morgan fingerprint density at radius 3 is 2.71 bits per heavy atom. The summed E-state index contributed by atoms with van der Waals surface area (Å²) in [6.07, 6.45) is 1.50. The maximum absolute atomic E-state index is 12.5. The number of hydrogen-bond donors (Lipinski definition) is 1. The van der Waals surface area contributed by atoms with Gasteiger partial charge in [-0.15, -0.1) is 11.3 Å². The number of aromatic amines is 1. The number of thiophene rings is 1. The van der Waals surface area contributed by atoms with Crippen molar-refractivity contribution >= 4 is 27.5 Å². The number of aryl methyl sites for hydroxylation is 2. The number of ether oxygens (including phenoxy) is 1. The van der Waals surface area contributed by atoms with Gasteiger partial charge in [-0.25, -0.2) is 9.78 Å². The smallest absolute Gasteiger partial charge is 0.348 e. The van der Waals surface area contributed by atoms with Gasteiger partial charge in [0.1, 0.15) is 22.1 Å². The van der Waals surface area contributed by atoms with Crippen LogP contribution in [0.5, 0.6) is 0 Å². The quantitative estimate of drug-likeness (QED) is 0.582. The molecule has 0 bridgehead atoms. The highest BCUT2D eigenvalue weighted by Crippen LogP contribution is 2.29. The van der Waals surface area contributed by atoms with E-state index in [0.29, 0.717) is 26.5 Å². The molecular formula is C18H16N2O3S. The Balaban J connectivity index is 2.11. The lowest BCUT2D eigenvalue weighted by Gasteiger charge is -2.01. The maximum Gasteiger partial charge on any atom is 0.348 e. The number of nitrogens with one attached hydrogen (secondary N) is 1. The monoisotopic (exact) mass is 340 g/mol. The Morgan fingerprint density at radius 1 is 1.33 bits per heavy atom. The predicted octanol–water partition coefficient (Wildman–Crippen LogP) is 3.61. The van der Waals surface area contributed by atoms with E-state index in [2.05, 4.69) is 16.5 Å². The van der Waals surface area contributed by atoms with Crippen molar-refractivity contribution in [3.8, 4) is 11.4 Å². The third-order valence-corrected chi connectivity index (χ3v) is 4.81. The van der Waals surface area contributed by atoms with E-state index in [1.165, 1.54) is 17.4 Å². The van der Waals surface area contributed by atoms with Crippen molar-refractivity contribution in [2.45, 2.75) is 13.8 Å². The first-order valence-corrected chi connectivity index (χ1v) is 8.21. The number of carbonyl (C=O) groups is 1. The number of fused-ring (bicyclic) bond motifs is 1. The highest BCUT2D eigenvalue weighted by Gasteiger charge is 2.20. The van der Waals surface area contributed by atoms with Crippen LogP contribution in [0, 0.1) is 13.8 Å². The second-order valence-electron chi connectivity index (χ2n) is 5.40. The van der Waals surface area contributed by atoms with Gasteiger partial charge in [0.05, 0.1) is 5.39 Å². The van der Waals surface area contributed by atoms with Crippen LogP contribution < -0.4 is 5.56 Å². The van der Waals surface area contributed by atoms with Crippen LogP contribution in [0.15, 0.2) is 41.7 Å². The molecule has 0 atom stereocenters. The van der Waals surface area contributed by atoms with Crippen LogP contribution in [0.2, 0.25) is 0 Å². The number of carbonyl (C=O) groups excluding carboxylic acids is 1. The first-order chi connectivity index (χ1) is 11.5. The van der Waals surface area contributed by atoms with Crippen LogP contribution >= 0.6 is 11.3 Å². The van der Waals surface area contributed by atoms with E-state index in [1.54, 1.807) is 6.92 Å². The van der Waals surface area contributed by atoms with Crippen molar-refractivity contribution in [1.29, 1.82) is 0 Å². The Bertz CT molecular complexity index is 984. The zero-order valence-electron chi connectivity index (χ0n) is 13.4. The molecule has 0 aliphatic carbocycles. The van der Waals surface area contributed by atoms with Crippen LogP contribution in [0.3, 0.4) is 0 Å². The fourth-order valence-electron chi connectivity index (χ4n) is 2.39. The summed E-state index contributed by atoms with van der Waals surface area (Å²) in [6.45, 7) is 7.37. The molecule has 0 saturated carbocycles. The summed E-state index contributed by atoms with van der Waals surface area (Å²) in [5.41, 5.74) is 2.28. The molecule has 24 heavy (non-hydrogen) atoms. The summed E-state index contributed by atoms with van der Waals surface area (Å²) < 4.78 is 5.07. The summed E-state index contributed by atoms with van der Waals surface area (Å²) >= 11 is 1.17. The van der Waals surface area contributed by atoms with Crippen LogP contribution in [0.1, 0.15) is 20.8 Å². The Labute approximate surface area is 142 Å². The number of esters is 1. The number of H-pyrrole nitrogens is 1. The van der Waals surface area contributed by atoms with Gasteiger partial charge in [0, 0.05) is 5.56 Å². The van der Waals surface area contributed by atoms with Crippen molar-refractivity contribution < 1.29 is 9.53 Å². The fraction of sp³-hybridized carbons (Fsp3) is 0.167. The largest absolute Gasteiger partial charge is 0.457 e. The van der Waals surface area contributed by atoms with Crippen molar-refractivity contribution in [3.05, 3.63) is 63.3 Å². The lowest BCUT2D eigenvalue weighted by atomic mass is 10.1. The van der Waals surface area contributed by atoms with Crippen molar-refractivity contribution in [1.82, 2.24) is 9.97 Å². The summed E-state index contributed by atoms with van der Waals surface area (Å²) in [6, 6.07) is 7.72. The van der Waals surface area contributed by atoms with Crippen LogP contribution in [0.25, 0.3) is 21.6 Å². The minimum Gasteiger partial charge on any atom is -0.457 e. The summed E-state index contributed by atoms with van der Waals surface area (Å²) in [5.74, 6) is 0.0199. The van der Waals surface area contributed by atoms with Gasteiger partial charge in [-0.2, -0.15) is 0 Å². The second-order valence-corrected chi connectivity index (χ2v) is 6.40. The molecule has 0 spiro atoms. The van der Waals surface area contributed by atoms with Gasteiger partial charge in [-0.05, 0) is 19.4 Å². The second kappa shape index (κ2) is 6.41. The molecule has 3 rings (SSSR count). The lowest BCUT2D eigenvalue weighted by Crippen LogP contribution is -2.10. The molecule has 0 saturated heterocycles. The van der Waals surface area contributed by atoms with Gasteiger partial charge in [0.15, 0.2) is 0 Å². The summed E-state index contributed by atoms with van der Waals surface area (Å²) in [7, 11) is 0. The van der Waals surface area contributed by atoms with Gasteiger partial charge in [0.2, 0.25) is 0 Å². The third kappa shape index (κ3) is 2.88. The van der Waals surface area contributed by atoms with Gasteiger partial charge >= 0.3 is 5.97 Å². The van der Waals surface area contributed by atoms with E-state index in [4.69, 9.17) is 4.74 Å². The molecule has 3 aromatic rings. The SMILES string of the molecule is C=CCOC(=O)c1sc2nc(-c3ccc(C)cc3)[nH]c(=O)c2c1C. The van der Waals surface area contributed by atoms with Crippen molar-refractivity contribution in [3.63, 3.8) is 0 Å². The Kier molecular flexibility index (Phi) is 4.31. The van der Waals surface area contributed by atoms with Gasteiger partial charge < -0.3 is 9.72 Å². The molecule has 122 valence electrons. The zero-order valence-corrected chi connectivity index (χ0v) is 14.2. The summed E-state index contributed by atoms with van der Waals surface area (Å²) in [4.78, 5) is 32.8. The Hall–Kier alpha value is -2.73. The molecule has 2 heterocycles. The normalized spacial score (nSPS) is 10.8. The molecule has 0 unspecified atom stereocenters. The number of rotatable bonds is 4. The van der Waals surface area contributed by atoms with E-state index >= 15 is 0 Å². The number of aromatic nitrogens is 2. The van der Waals surface area contributed by atoms with Crippen LogP contribution in [-0.2, 0) is 4.74 Å². The number of nitrogens with zero attached hydrogens (tertiary/aromatic N) is 1. The van der Waals surface area contributed by atoms with Crippen molar-refractivity contribution in [2.75, 3.05) is 6.61 Å². The third-order valence-electron chi connectivity index (χ3n) is 3.64. The van der Waals surface area contributed by atoms with Crippen LogP contribution in [-0.4, -0.2) is 22.5 Å². The highest BCUT2D eigenvalue weighted by atomic mass is 32.1. The van der Waals surface area contributed by atoms with E-state index in [-0.39, 0.29) is 12.2 Å². The molecule has 0 aliphatic rings. The lowest BCUT2D eigenvalue weighted by molar-refractivity contribution is 0.0555. The standard InChI is InChI=1S/C18H16N2O3S/c1-4-9-23-18(22)14-11(3)13-16(21)19-15(20-17(13)24-14)12-7-5-10(2)6-8-12/h4-8H,1,9H2,2-3H3,(H,19,20,21). The van der Waals surface area contributed by atoms with Gasteiger partial charge in [-0.3, -0.25) is 4.79 Å². The van der Waals surface area contributed by atoms with E-state index in [9.17, 15) is 9.59 Å². The molecule has 6 heteroatoms. The average Bonchev–Trinajstić information content (AvgIpc) is 2.90. The number of benzene rings is 1. The molecule has 1 aromatic carbocycles. The summed E-state index contributed by atoms with van der Waals surface area (Å²) in [5, 5.41) is 0.432. The average molecular weight is 340 g/mol. The molecule has 5 nitrogen and oxygen atoms in total. The van der Waals surface area contributed by atoms with Gasteiger partial charge in [0.25, 0.3) is 5.56 Å². The molecule has 0 fully saturated rings. The molecule has 0 amide bonds. The van der Waals surface area contributed by atoms with E-state index < -0.39 is 5.97 Å². The molecule has 1 N–H and O–H groups in total. The van der Waals surface area contributed by atoms with E-state index in [0.717, 1.165) is 11.1 Å². The fourth-order valence-corrected chi connectivity index (χ4v) is 3.46. The molecule has 0 radical (unpaired) electrons. The first kappa shape index (κ1) is 16.1. The van der Waals surface area contributed by atoms with Gasteiger partial charge in [-0.1, -0.05) is 42.5 Å². The maximum atomic E-state index is 12.5. The van der Waals surface area contributed by atoms with Crippen LogP contribution in [0.4, 0.5) is 0 Å². The molecule has 2 aromatic heterocycles. The predicted molar refractivity (Wildman–Crippen MR) is 95.6 cm³/mol. The zero-order chi connectivity index (χ0) is 17.3. The Morgan fingerprint density at radius 2 is 2.04 bits per heavy atom. The minimum atomic E-state index is -0.466. The molecule has 0 aliphatic heterocycles. The first-order valence-electron chi connectivity index (χ1n) is 7.39. The van der Waals surface area contributed by atoms with Crippen molar-refractivity contribution in [2.24, 2.45) is 0 Å². The number of hydrogen-bond acceptors (Lipinski definition) is 5.